The van der Waals surface area contributed by atoms with Gasteiger partial charge in [-0.05, 0) is 41.8 Å². The van der Waals surface area contributed by atoms with Crippen molar-refractivity contribution >= 4 is 11.6 Å². The van der Waals surface area contributed by atoms with E-state index in [1.165, 1.54) is 5.56 Å². The van der Waals surface area contributed by atoms with E-state index in [9.17, 15) is 0 Å². The van der Waals surface area contributed by atoms with Crippen LogP contribution >= 0.6 is 0 Å². The summed E-state index contributed by atoms with van der Waals surface area (Å²) in [5.41, 5.74) is 9.74. The summed E-state index contributed by atoms with van der Waals surface area (Å²) in [6, 6.07) is 17.5. The van der Waals surface area contributed by atoms with Gasteiger partial charge in [0.2, 0.25) is 0 Å². The molecular weight excluding hydrogens is 260 g/mol. The third kappa shape index (κ3) is 4.36. The normalized spacial score (nSPS) is 11.0. The summed E-state index contributed by atoms with van der Waals surface area (Å²) < 4.78 is 0. The molecule has 4 heteroatoms. The quantitative estimate of drug-likeness (QED) is 0.666. The lowest BCUT2D eigenvalue weighted by Gasteiger charge is -2.07. The van der Waals surface area contributed by atoms with Gasteiger partial charge in [0.15, 0.2) is 5.96 Å². The molecule has 21 heavy (non-hydrogen) atoms. The molecule has 0 amide bonds. The monoisotopic (exact) mass is 278 g/mol. The minimum atomic E-state index is 0.382. The number of benzene rings is 2. The minimum Gasteiger partial charge on any atom is -0.370 e. The molecular formula is C17H18N4. The molecule has 0 fully saturated rings. The van der Waals surface area contributed by atoms with Crippen LogP contribution in [0.2, 0.25) is 0 Å². The highest BCUT2D eigenvalue weighted by atomic mass is 15.1. The molecule has 0 aliphatic rings. The molecule has 0 radical (unpaired) electrons. The van der Waals surface area contributed by atoms with Crippen LogP contribution in [-0.2, 0) is 13.0 Å². The molecule has 106 valence electrons. The maximum atomic E-state index is 8.75. The number of rotatable bonds is 4. The van der Waals surface area contributed by atoms with E-state index in [4.69, 9.17) is 11.0 Å². The predicted octanol–water partition coefficient (Wildman–Crippen LogP) is 3.05. The van der Waals surface area contributed by atoms with Gasteiger partial charge in [0.1, 0.15) is 0 Å². The zero-order valence-corrected chi connectivity index (χ0v) is 12.0. The SMILES string of the molecule is CCc1cccc(NC(N)=NCc2ccc(C#N)cc2)c1. The molecule has 3 N–H and O–H groups in total. The molecule has 0 unspecified atom stereocenters. The van der Waals surface area contributed by atoms with E-state index in [1.54, 1.807) is 12.1 Å². The van der Waals surface area contributed by atoms with Gasteiger partial charge in [-0.1, -0.05) is 31.2 Å². The highest BCUT2D eigenvalue weighted by molar-refractivity contribution is 5.92. The molecule has 2 rings (SSSR count). The summed E-state index contributed by atoms with van der Waals surface area (Å²) in [5, 5.41) is 11.8. The van der Waals surface area contributed by atoms with Crippen LogP contribution in [-0.4, -0.2) is 5.96 Å². The number of guanidine groups is 1. The zero-order valence-electron chi connectivity index (χ0n) is 12.0. The first kappa shape index (κ1) is 14.6. The fourth-order valence-corrected chi connectivity index (χ4v) is 1.92. The lowest BCUT2D eigenvalue weighted by atomic mass is 10.1. The second-order valence-corrected chi connectivity index (χ2v) is 4.69. The summed E-state index contributed by atoms with van der Waals surface area (Å²) in [6.45, 7) is 2.60. The highest BCUT2D eigenvalue weighted by Gasteiger charge is 1.97. The Morgan fingerprint density at radius 2 is 1.95 bits per heavy atom. The molecule has 0 saturated heterocycles. The van der Waals surface area contributed by atoms with Crippen molar-refractivity contribution in [3.63, 3.8) is 0 Å². The number of nitriles is 1. The molecule has 0 aliphatic heterocycles. The van der Waals surface area contributed by atoms with Crippen LogP contribution in [0, 0.1) is 11.3 Å². The number of hydrogen-bond donors (Lipinski definition) is 2. The van der Waals surface area contributed by atoms with Crippen LogP contribution in [0.15, 0.2) is 53.5 Å². The van der Waals surface area contributed by atoms with Gasteiger partial charge in [-0.3, -0.25) is 0 Å². The average Bonchev–Trinajstić information content (AvgIpc) is 2.53. The van der Waals surface area contributed by atoms with Crippen LogP contribution in [0.4, 0.5) is 5.69 Å². The van der Waals surface area contributed by atoms with Gasteiger partial charge in [-0.2, -0.15) is 5.26 Å². The standard InChI is InChI=1S/C17H18N4/c1-2-13-4-3-5-16(10-13)21-17(19)20-12-15-8-6-14(11-18)7-9-15/h3-10H,2,12H2,1H3,(H3,19,20,21). The summed E-state index contributed by atoms with van der Waals surface area (Å²) in [5.74, 6) is 0.382. The Labute approximate surface area is 124 Å². The Morgan fingerprint density at radius 3 is 2.62 bits per heavy atom. The van der Waals surface area contributed by atoms with E-state index in [-0.39, 0.29) is 0 Å². The Morgan fingerprint density at radius 1 is 1.19 bits per heavy atom. The molecule has 2 aromatic carbocycles. The second kappa shape index (κ2) is 7.11. The highest BCUT2D eigenvalue weighted by Crippen LogP contribution is 2.11. The maximum absolute atomic E-state index is 8.75. The first-order valence-electron chi connectivity index (χ1n) is 6.86. The maximum Gasteiger partial charge on any atom is 0.193 e. The van der Waals surface area contributed by atoms with Gasteiger partial charge in [0.05, 0.1) is 18.2 Å². The smallest absolute Gasteiger partial charge is 0.193 e. The van der Waals surface area contributed by atoms with Crippen molar-refractivity contribution in [3.05, 3.63) is 65.2 Å². The molecule has 0 atom stereocenters. The van der Waals surface area contributed by atoms with Gasteiger partial charge in [0.25, 0.3) is 0 Å². The van der Waals surface area contributed by atoms with Crippen LogP contribution in [0.3, 0.4) is 0 Å². The number of nitrogens with one attached hydrogen (secondary N) is 1. The molecule has 0 bridgehead atoms. The first-order valence-corrected chi connectivity index (χ1v) is 6.86. The molecule has 0 spiro atoms. The van der Waals surface area contributed by atoms with Gasteiger partial charge in [-0.15, -0.1) is 0 Å². The van der Waals surface area contributed by atoms with Crippen molar-refractivity contribution in [2.75, 3.05) is 5.32 Å². The number of aliphatic imine (C=N–C) groups is 1. The molecule has 4 nitrogen and oxygen atoms in total. The fraction of sp³-hybridized carbons (Fsp3) is 0.176. The lowest BCUT2D eigenvalue weighted by Crippen LogP contribution is -2.22. The van der Waals surface area contributed by atoms with Crippen LogP contribution in [0.5, 0.6) is 0 Å². The molecule has 0 saturated carbocycles. The largest absolute Gasteiger partial charge is 0.370 e. The number of nitrogens with zero attached hydrogens (tertiary/aromatic N) is 2. The Kier molecular flexibility index (Phi) is 4.94. The van der Waals surface area contributed by atoms with Crippen molar-refractivity contribution < 1.29 is 0 Å². The number of anilines is 1. The first-order chi connectivity index (χ1) is 10.2. The Bertz CT molecular complexity index is 666. The third-order valence-electron chi connectivity index (χ3n) is 3.12. The topological polar surface area (TPSA) is 74.2 Å². The van der Waals surface area contributed by atoms with E-state index < -0.39 is 0 Å². The minimum absolute atomic E-state index is 0.382. The van der Waals surface area contributed by atoms with Gasteiger partial charge in [-0.25, -0.2) is 4.99 Å². The summed E-state index contributed by atoms with van der Waals surface area (Å²) in [6.07, 6.45) is 0.984. The van der Waals surface area contributed by atoms with Crippen LogP contribution in [0.25, 0.3) is 0 Å². The van der Waals surface area contributed by atoms with E-state index in [0.29, 0.717) is 18.1 Å². The number of aryl methyl sites for hydroxylation is 1. The summed E-state index contributed by atoms with van der Waals surface area (Å²) in [7, 11) is 0. The summed E-state index contributed by atoms with van der Waals surface area (Å²) >= 11 is 0. The Balaban J connectivity index is 1.98. The van der Waals surface area contributed by atoms with E-state index >= 15 is 0 Å². The van der Waals surface area contributed by atoms with E-state index in [1.807, 2.05) is 24.3 Å². The average molecular weight is 278 g/mol. The van der Waals surface area contributed by atoms with Gasteiger partial charge < -0.3 is 11.1 Å². The van der Waals surface area contributed by atoms with E-state index in [2.05, 4.69) is 35.4 Å². The predicted molar refractivity (Wildman–Crippen MR) is 85.9 cm³/mol. The number of nitrogens with two attached hydrogens (primary N) is 1. The number of hydrogen-bond acceptors (Lipinski definition) is 2. The van der Waals surface area contributed by atoms with Gasteiger partial charge >= 0.3 is 0 Å². The van der Waals surface area contributed by atoms with E-state index in [0.717, 1.165) is 17.7 Å². The summed E-state index contributed by atoms with van der Waals surface area (Å²) in [4.78, 5) is 4.30. The zero-order chi connectivity index (χ0) is 15.1. The van der Waals surface area contributed by atoms with Crippen molar-refractivity contribution in [1.82, 2.24) is 0 Å². The second-order valence-electron chi connectivity index (χ2n) is 4.69. The van der Waals surface area contributed by atoms with Gasteiger partial charge in [0, 0.05) is 5.69 Å². The fourth-order valence-electron chi connectivity index (χ4n) is 1.92. The molecule has 0 heterocycles. The molecule has 0 aromatic heterocycles. The lowest BCUT2D eigenvalue weighted by molar-refractivity contribution is 1.06. The molecule has 0 aliphatic carbocycles. The van der Waals surface area contributed by atoms with Crippen molar-refractivity contribution in [2.45, 2.75) is 19.9 Å². The van der Waals surface area contributed by atoms with Crippen LogP contribution < -0.4 is 11.1 Å². The van der Waals surface area contributed by atoms with Crippen LogP contribution in [0.1, 0.15) is 23.6 Å². The van der Waals surface area contributed by atoms with Crippen molar-refractivity contribution in [1.29, 1.82) is 5.26 Å². The molecule has 2 aromatic rings. The Hall–Kier alpha value is -2.80. The third-order valence-corrected chi connectivity index (χ3v) is 3.12. The van der Waals surface area contributed by atoms with Crippen molar-refractivity contribution in [2.24, 2.45) is 10.7 Å². The van der Waals surface area contributed by atoms with Crippen molar-refractivity contribution in [3.8, 4) is 6.07 Å².